The summed E-state index contributed by atoms with van der Waals surface area (Å²) in [5, 5.41) is 0. The Labute approximate surface area is 164 Å². The van der Waals surface area contributed by atoms with Gasteiger partial charge in [0.05, 0.1) is 23.2 Å². The van der Waals surface area contributed by atoms with E-state index in [1.807, 2.05) is 18.4 Å². The van der Waals surface area contributed by atoms with Crippen LogP contribution >= 0.6 is 11.3 Å². The Morgan fingerprint density at radius 1 is 1.04 bits per heavy atom. The van der Waals surface area contributed by atoms with Crippen molar-refractivity contribution in [2.24, 2.45) is 4.99 Å². The molecule has 0 aliphatic heterocycles. The Hall–Kier alpha value is -2.64. The molecule has 4 heteroatoms. The summed E-state index contributed by atoms with van der Waals surface area (Å²) in [4.78, 5) is 17.8. The van der Waals surface area contributed by atoms with Gasteiger partial charge in [-0.25, -0.2) is 0 Å². The number of nitrogens with zero attached hydrogens (tertiary/aromatic N) is 2. The topological polar surface area (TPSA) is 34.4 Å². The molecule has 0 saturated heterocycles. The molecule has 0 atom stereocenters. The van der Waals surface area contributed by atoms with Gasteiger partial charge in [0.15, 0.2) is 4.80 Å². The van der Waals surface area contributed by atoms with Crippen LogP contribution in [0.5, 0.6) is 0 Å². The Morgan fingerprint density at radius 3 is 2.26 bits per heavy atom. The van der Waals surface area contributed by atoms with E-state index in [9.17, 15) is 4.79 Å². The summed E-state index contributed by atoms with van der Waals surface area (Å²) in [6.45, 7) is 10.7. The van der Waals surface area contributed by atoms with Crippen molar-refractivity contribution < 1.29 is 4.79 Å². The number of rotatable bonds is 3. The van der Waals surface area contributed by atoms with Gasteiger partial charge in [0.2, 0.25) is 0 Å². The monoisotopic (exact) mass is 376 g/mol. The number of aryl methyl sites for hydroxylation is 5. The fourth-order valence-corrected chi connectivity index (χ4v) is 4.72. The number of thiazole rings is 1. The zero-order valence-corrected chi connectivity index (χ0v) is 17.3. The van der Waals surface area contributed by atoms with E-state index < -0.39 is 0 Å². The number of terminal acetylenes is 1. The Balaban J connectivity index is 2.08. The van der Waals surface area contributed by atoms with E-state index in [-0.39, 0.29) is 5.91 Å². The van der Waals surface area contributed by atoms with E-state index >= 15 is 0 Å². The highest BCUT2D eigenvalue weighted by Gasteiger charge is 2.12. The van der Waals surface area contributed by atoms with Crippen molar-refractivity contribution in [2.45, 2.75) is 47.6 Å². The second-order valence-electron chi connectivity index (χ2n) is 7.16. The summed E-state index contributed by atoms with van der Waals surface area (Å²) < 4.78 is 3.09. The number of aromatic nitrogens is 1. The van der Waals surface area contributed by atoms with Crippen molar-refractivity contribution >= 4 is 27.5 Å². The first-order valence-corrected chi connectivity index (χ1v) is 9.80. The number of hydrogen-bond acceptors (Lipinski definition) is 2. The molecule has 3 nitrogen and oxygen atoms in total. The van der Waals surface area contributed by atoms with Crippen LogP contribution in [0.25, 0.3) is 10.2 Å². The second-order valence-corrected chi connectivity index (χ2v) is 8.14. The van der Waals surface area contributed by atoms with Crippen molar-refractivity contribution in [3.63, 3.8) is 0 Å². The molecule has 1 amide bonds. The standard InChI is InChI=1S/C23H24N2OS/c1-7-8-25-20-12-15(3)11-18(6)22(20)27-23(25)24-21(26)13-19-16(4)9-14(2)10-17(19)5/h1,9-12H,8,13H2,2-6H3. The van der Waals surface area contributed by atoms with E-state index in [0.717, 1.165) is 26.9 Å². The molecule has 0 N–H and O–H groups in total. The minimum atomic E-state index is -0.142. The van der Waals surface area contributed by atoms with Gasteiger partial charge in [0.25, 0.3) is 5.91 Å². The number of carbonyl (C=O) groups excluding carboxylic acids is 1. The molecule has 0 saturated carbocycles. The largest absolute Gasteiger partial charge is 0.305 e. The van der Waals surface area contributed by atoms with Gasteiger partial charge in [0, 0.05) is 0 Å². The molecule has 3 aromatic rings. The molecule has 27 heavy (non-hydrogen) atoms. The van der Waals surface area contributed by atoms with Crippen molar-refractivity contribution in [1.82, 2.24) is 4.57 Å². The lowest BCUT2D eigenvalue weighted by Crippen LogP contribution is -2.17. The lowest BCUT2D eigenvalue weighted by atomic mass is 9.97. The SMILES string of the molecule is C#CCn1c(=NC(=O)Cc2c(C)cc(C)cc2C)sc2c(C)cc(C)cc21. The van der Waals surface area contributed by atoms with E-state index in [2.05, 4.69) is 55.9 Å². The quantitative estimate of drug-likeness (QED) is 0.618. The Kier molecular flexibility index (Phi) is 5.34. The maximum atomic E-state index is 12.7. The van der Waals surface area contributed by atoms with Crippen LogP contribution < -0.4 is 4.80 Å². The summed E-state index contributed by atoms with van der Waals surface area (Å²) in [6.07, 6.45) is 5.88. The number of hydrogen-bond donors (Lipinski definition) is 0. The highest BCUT2D eigenvalue weighted by molar-refractivity contribution is 7.16. The van der Waals surface area contributed by atoms with Crippen molar-refractivity contribution in [3.05, 3.63) is 62.4 Å². The zero-order chi connectivity index (χ0) is 19.7. The summed E-state index contributed by atoms with van der Waals surface area (Å²) in [5.74, 6) is 2.55. The van der Waals surface area contributed by atoms with Crippen molar-refractivity contribution in [2.75, 3.05) is 0 Å². The molecular weight excluding hydrogens is 352 g/mol. The number of fused-ring (bicyclic) bond motifs is 1. The maximum absolute atomic E-state index is 12.7. The maximum Gasteiger partial charge on any atom is 0.252 e. The molecule has 2 aromatic carbocycles. The molecule has 0 radical (unpaired) electrons. The number of benzene rings is 2. The summed E-state index contributed by atoms with van der Waals surface area (Å²) in [7, 11) is 0. The molecule has 0 unspecified atom stereocenters. The highest BCUT2D eigenvalue weighted by Crippen LogP contribution is 2.23. The first-order valence-electron chi connectivity index (χ1n) is 8.98. The fourth-order valence-electron chi connectivity index (χ4n) is 3.63. The van der Waals surface area contributed by atoms with E-state index in [1.54, 1.807) is 0 Å². The average Bonchev–Trinajstić information content (AvgIpc) is 2.89. The molecule has 138 valence electrons. The lowest BCUT2D eigenvalue weighted by Gasteiger charge is -2.09. The third-order valence-corrected chi connectivity index (χ3v) is 5.98. The lowest BCUT2D eigenvalue weighted by molar-refractivity contribution is -0.117. The van der Waals surface area contributed by atoms with Gasteiger partial charge in [0.1, 0.15) is 0 Å². The van der Waals surface area contributed by atoms with Crippen molar-refractivity contribution in [1.29, 1.82) is 0 Å². The van der Waals surface area contributed by atoms with Crippen LogP contribution in [-0.2, 0) is 17.8 Å². The van der Waals surface area contributed by atoms with Gasteiger partial charge >= 0.3 is 0 Å². The van der Waals surface area contributed by atoms with E-state index in [0.29, 0.717) is 17.8 Å². The van der Waals surface area contributed by atoms with Crippen LogP contribution in [0.2, 0.25) is 0 Å². The Bertz CT molecular complexity index is 1130. The average molecular weight is 377 g/mol. The van der Waals surface area contributed by atoms with Crippen LogP contribution in [-0.4, -0.2) is 10.5 Å². The highest BCUT2D eigenvalue weighted by atomic mass is 32.1. The molecular formula is C23H24N2OS. The smallest absolute Gasteiger partial charge is 0.252 e. The van der Waals surface area contributed by atoms with Gasteiger partial charge in [-0.15, -0.1) is 6.42 Å². The van der Waals surface area contributed by atoms with E-state index in [4.69, 9.17) is 6.42 Å². The van der Waals surface area contributed by atoms with Gasteiger partial charge < -0.3 is 4.57 Å². The first-order chi connectivity index (χ1) is 12.8. The number of amides is 1. The normalized spacial score (nSPS) is 11.8. The Morgan fingerprint density at radius 2 is 1.63 bits per heavy atom. The van der Waals surface area contributed by atoms with Crippen LogP contribution in [0.3, 0.4) is 0 Å². The molecule has 0 aliphatic carbocycles. The second kappa shape index (κ2) is 7.54. The molecule has 1 heterocycles. The summed E-state index contributed by atoms with van der Waals surface area (Å²) in [6, 6.07) is 8.47. The number of carbonyl (C=O) groups is 1. The van der Waals surface area contributed by atoms with E-state index in [1.165, 1.54) is 28.0 Å². The third kappa shape index (κ3) is 3.89. The fraction of sp³-hybridized carbons (Fsp3) is 0.304. The van der Waals surface area contributed by atoms with Crippen molar-refractivity contribution in [3.8, 4) is 12.3 Å². The van der Waals surface area contributed by atoms with Gasteiger partial charge in [-0.05, 0) is 68.5 Å². The van der Waals surface area contributed by atoms with Crippen LogP contribution in [0.1, 0.15) is 33.4 Å². The summed E-state index contributed by atoms with van der Waals surface area (Å²) >= 11 is 1.53. The summed E-state index contributed by atoms with van der Waals surface area (Å²) in [5.41, 5.74) is 7.94. The third-order valence-electron chi connectivity index (χ3n) is 4.75. The molecule has 0 spiro atoms. The molecule has 1 aromatic heterocycles. The molecule has 0 fully saturated rings. The first kappa shape index (κ1) is 19.1. The van der Waals surface area contributed by atoms with Gasteiger partial charge in [-0.2, -0.15) is 4.99 Å². The predicted molar refractivity (Wildman–Crippen MR) is 113 cm³/mol. The van der Waals surface area contributed by atoms with Crippen LogP contribution in [0.15, 0.2) is 29.3 Å². The minimum Gasteiger partial charge on any atom is -0.305 e. The molecule has 0 aliphatic rings. The van der Waals surface area contributed by atoms with Crippen LogP contribution in [0, 0.1) is 47.0 Å². The van der Waals surface area contributed by atoms with Gasteiger partial charge in [-0.1, -0.05) is 41.0 Å². The van der Waals surface area contributed by atoms with Crippen LogP contribution in [0.4, 0.5) is 0 Å². The van der Waals surface area contributed by atoms with Gasteiger partial charge in [-0.3, -0.25) is 4.79 Å². The molecule has 3 rings (SSSR count). The zero-order valence-electron chi connectivity index (χ0n) is 16.5. The predicted octanol–water partition coefficient (Wildman–Crippen LogP) is 4.55. The minimum absolute atomic E-state index is 0.142. The molecule has 0 bridgehead atoms.